The quantitative estimate of drug-likeness (QED) is 0.819. The molecule has 0 heterocycles. The zero-order valence-corrected chi connectivity index (χ0v) is 11.3. The second kappa shape index (κ2) is 7.29. The minimum atomic E-state index is -0.615. The lowest BCUT2D eigenvalue weighted by molar-refractivity contribution is -0.125. The topological polar surface area (TPSA) is 49.3 Å². The molecule has 0 aromatic heterocycles. The number of amides is 1. The molecule has 1 fully saturated rings. The van der Waals surface area contributed by atoms with Crippen LogP contribution >= 0.6 is 0 Å². The van der Waals surface area contributed by atoms with Crippen molar-refractivity contribution in [2.24, 2.45) is 5.92 Å². The van der Waals surface area contributed by atoms with Gasteiger partial charge < -0.3 is 10.4 Å². The first-order valence-corrected chi connectivity index (χ1v) is 7.28. The van der Waals surface area contributed by atoms with E-state index in [1.807, 2.05) is 30.3 Å². The number of nitrogens with one attached hydrogen (secondary N) is 1. The van der Waals surface area contributed by atoms with Crippen LogP contribution in [0.15, 0.2) is 30.3 Å². The van der Waals surface area contributed by atoms with Gasteiger partial charge in [0.2, 0.25) is 5.91 Å². The minimum absolute atomic E-state index is 0.108. The molecule has 1 saturated carbocycles. The van der Waals surface area contributed by atoms with Gasteiger partial charge in [-0.05, 0) is 18.4 Å². The third-order valence-corrected chi connectivity index (χ3v) is 3.88. The first kappa shape index (κ1) is 14.1. The van der Waals surface area contributed by atoms with Gasteiger partial charge in [0.15, 0.2) is 0 Å². The molecule has 3 nitrogen and oxygen atoms in total. The molecule has 1 aromatic carbocycles. The Morgan fingerprint density at radius 1 is 1.16 bits per heavy atom. The van der Waals surface area contributed by atoms with Gasteiger partial charge in [-0.1, -0.05) is 56.0 Å². The number of carbonyl (C=O) groups excluding carboxylic acids is 1. The molecule has 104 valence electrons. The van der Waals surface area contributed by atoms with Crippen LogP contribution in [0, 0.1) is 5.92 Å². The van der Waals surface area contributed by atoms with Gasteiger partial charge in [-0.25, -0.2) is 0 Å². The molecule has 3 heteroatoms. The monoisotopic (exact) mass is 261 g/mol. The van der Waals surface area contributed by atoms with Gasteiger partial charge in [-0.2, -0.15) is 0 Å². The zero-order valence-electron chi connectivity index (χ0n) is 11.3. The van der Waals surface area contributed by atoms with Crippen LogP contribution in [-0.2, 0) is 4.79 Å². The van der Waals surface area contributed by atoms with E-state index in [9.17, 15) is 9.90 Å². The largest absolute Gasteiger partial charge is 0.387 e. The fraction of sp³-hybridized carbons (Fsp3) is 0.562. The number of hydrogen-bond acceptors (Lipinski definition) is 2. The van der Waals surface area contributed by atoms with Crippen LogP contribution in [0.4, 0.5) is 0 Å². The maximum Gasteiger partial charge on any atom is 0.223 e. The molecule has 19 heavy (non-hydrogen) atoms. The summed E-state index contributed by atoms with van der Waals surface area (Å²) < 4.78 is 0. The summed E-state index contributed by atoms with van der Waals surface area (Å²) in [6, 6.07) is 9.46. The van der Waals surface area contributed by atoms with Gasteiger partial charge >= 0.3 is 0 Å². The summed E-state index contributed by atoms with van der Waals surface area (Å²) in [4.78, 5) is 12.1. The van der Waals surface area contributed by atoms with E-state index < -0.39 is 6.10 Å². The Labute approximate surface area is 115 Å². The highest BCUT2D eigenvalue weighted by Gasteiger charge is 2.20. The van der Waals surface area contributed by atoms with Gasteiger partial charge in [0.05, 0.1) is 6.10 Å². The fourth-order valence-corrected chi connectivity index (χ4v) is 2.68. The van der Waals surface area contributed by atoms with Gasteiger partial charge in [0.25, 0.3) is 0 Å². The lowest BCUT2D eigenvalue weighted by Gasteiger charge is -2.16. The van der Waals surface area contributed by atoms with Crippen molar-refractivity contribution in [1.29, 1.82) is 0 Å². The molecule has 0 spiro atoms. The SMILES string of the molecule is O=C(NCC(O)c1ccccc1)C1CCCCCC1. The number of aliphatic hydroxyl groups excluding tert-OH is 1. The van der Waals surface area contributed by atoms with E-state index in [1.54, 1.807) is 0 Å². The van der Waals surface area contributed by atoms with Gasteiger partial charge in [-0.3, -0.25) is 4.79 Å². The predicted molar refractivity (Wildman–Crippen MR) is 75.6 cm³/mol. The van der Waals surface area contributed by atoms with Crippen LogP contribution in [0.25, 0.3) is 0 Å². The van der Waals surface area contributed by atoms with Crippen molar-refractivity contribution < 1.29 is 9.90 Å². The molecule has 0 aliphatic heterocycles. The molecule has 1 aliphatic rings. The average Bonchev–Trinajstić information content (AvgIpc) is 2.74. The summed E-state index contributed by atoms with van der Waals surface area (Å²) in [5.74, 6) is 0.252. The number of aliphatic hydroxyl groups is 1. The molecule has 1 aliphatic carbocycles. The van der Waals surface area contributed by atoms with E-state index in [1.165, 1.54) is 12.8 Å². The van der Waals surface area contributed by atoms with E-state index in [-0.39, 0.29) is 11.8 Å². The molecule has 2 rings (SSSR count). The normalized spacial score (nSPS) is 18.6. The first-order chi connectivity index (χ1) is 9.27. The van der Waals surface area contributed by atoms with Crippen LogP contribution in [0.1, 0.15) is 50.2 Å². The maximum atomic E-state index is 12.1. The standard InChI is InChI=1S/C16H23NO2/c18-15(13-8-6-3-7-9-13)12-17-16(19)14-10-4-1-2-5-11-14/h3,6-9,14-15,18H,1-2,4-5,10-12H2,(H,17,19). The molecule has 0 saturated heterocycles. The molecule has 0 radical (unpaired) electrons. The van der Waals surface area contributed by atoms with Crippen molar-refractivity contribution in [3.05, 3.63) is 35.9 Å². The molecule has 0 bridgehead atoms. The second-order valence-electron chi connectivity index (χ2n) is 5.36. The molecule has 2 N–H and O–H groups in total. The highest BCUT2D eigenvalue weighted by atomic mass is 16.3. The molecule has 1 unspecified atom stereocenters. The first-order valence-electron chi connectivity index (χ1n) is 7.28. The zero-order chi connectivity index (χ0) is 13.5. The van der Waals surface area contributed by atoms with E-state index in [4.69, 9.17) is 0 Å². The third-order valence-electron chi connectivity index (χ3n) is 3.88. The maximum absolute atomic E-state index is 12.1. The molecule has 1 amide bonds. The van der Waals surface area contributed by atoms with Gasteiger partial charge in [0, 0.05) is 12.5 Å². The highest BCUT2D eigenvalue weighted by Crippen LogP contribution is 2.23. The van der Waals surface area contributed by atoms with Gasteiger partial charge in [0.1, 0.15) is 0 Å². The van der Waals surface area contributed by atoms with Crippen molar-refractivity contribution in [2.75, 3.05) is 6.54 Å². The molecule has 1 atom stereocenters. The van der Waals surface area contributed by atoms with E-state index in [2.05, 4.69) is 5.32 Å². The predicted octanol–water partition coefficient (Wildman–Crippen LogP) is 2.81. The molecule has 1 aromatic rings. The summed E-state index contributed by atoms with van der Waals surface area (Å²) in [5, 5.41) is 12.9. The van der Waals surface area contributed by atoms with E-state index >= 15 is 0 Å². The lowest BCUT2D eigenvalue weighted by atomic mass is 9.99. The van der Waals surface area contributed by atoms with E-state index in [0.717, 1.165) is 31.2 Å². The number of carbonyl (C=O) groups is 1. The Morgan fingerprint density at radius 3 is 2.42 bits per heavy atom. The summed E-state index contributed by atoms with van der Waals surface area (Å²) in [5.41, 5.74) is 0.851. The van der Waals surface area contributed by atoms with Crippen LogP contribution < -0.4 is 5.32 Å². The van der Waals surface area contributed by atoms with Crippen molar-refractivity contribution in [3.8, 4) is 0 Å². The Bertz CT molecular complexity index is 383. The summed E-state index contributed by atoms with van der Waals surface area (Å²) in [6.07, 6.45) is 6.17. The average molecular weight is 261 g/mol. The fourth-order valence-electron chi connectivity index (χ4n) is 2.68. The van der Waals surface area contributed by atoms with Crippen molar-refractivity contribution in [1.82, 2.24) is 5.32 Å². The van der Waals surface area contributed by atoms with Crippen molar-refractivity contribution >= 4 is 5.91 Å². The van der Waals surface area contributed by atoms with Crippen LogP contribution in [0.2, 0.25) is 0 Å². The minimum Gasteiger partial charge on any atom is -0.387 e. The third kappa shape index (κ3) is 4.35. The van der Waals surface area contributed by atoms with Crippen molar-refractivity contribution in [3.63, 3.8) is 0 Å². The summed E-state index contributed by atoms with van der Waals surface area (Å²) in [6.45, 7) is 0.305. The molecular formula is C16H23NO2. The van der Waals surface area contributed by atoms with Crippen LogP contribution in [0.5, 0.6) is 0 Å². The number of benzene rings is 1. The van der Waals surface area contributed by atoms with Crippen molar-refractivity contribution in [2.45, 2.75) is 44.6 Å². The van der Waals surface area contributed by atoms with Gasteiger partial charge in [-0.15, -0.1) is 0 Å². The Kier molecular flexibility index (Phi) is 5.40. The smallest absolute Gasteiger partial charge is 0.223 e. The second-order valence-corrected chi connectivity index (χ2v) is 5.36. The Morgan fingerprint density at radius 2 is 1.79 bits per heavy atom. The lowest BCUT2D eigenvalue weighted by Crippen LogP contribution is -2.33. The highest BCUT2D eigenvalue weighted by molar-refractivity contribution is 5.78. The Balaban J connectivity index is 1.79. The number of hydrogen-bond donors (Lipinski definition) is 2. The Hall–Kier alpha value is -1.35. The summed E-state index contributed by atoms with van der Waals surface area (Å²) in [7, 11) is 0. The van der Waals surface area contributed by atoms with E-state index in [0.29, 0.717) is 6.54 Å². The van der Waals surface area contributed by atoms with Crippen LogP contribution in [0.3, 0.4) is 0 Å². The summed E-state index contributed by atoms with van der Waals surface area (Å²) >= 11 is 0. The van der Waals surface area contributed by atoms with Crippen LogP contribution in [-0.4, -0.2) is 17.6 Å². The number of rotatable bonds is 4. The molecular weight excluding hydrogens is 238 g/mol.